The van der Waals surface area contributed by atoms with E-state index in [1.165, 1.54) is 0 Å². The molecule has 0 aliphatic carbocycles. The monoisotopic (exact) mass is 159 g/mol. The van der Waals surface area contributed by atoms with Crippen LogP contribution in [0, 0.1) is 0 Å². The van der Waals surface area contributed by atoms with E-state index in [9.17, 15) is 0 Å². The molecule has 8 nitrogen and oxygen atoms in total. The van der Waals surface area contributed by atoms with Crippen molar-refractivity contribution in [2.45, 2.75) is 0 Å². The molecular formula is C3H5N5O3. The molecule has 1 rings (SSSR count). The van der Waals surface area contributed by atoms with Gasteiger partial charge in [0.2, 0.25) is 5.84 Å². The van der Waals surface area contributed by atoms with Crippen molar-refractivity contribution in [2.75, 3.05) is 5.73 Å². The summed E-state index contributed by atoms with van der Waals surface area (Å²) in [5.74, 6) is -0.414. The molecule has 0 aliphatic heterocycles. The quantitative estimate of drug-likeness (QED) is 0.174. The Bertz CT molecular complexity index is 268. The summed E-state index contributed by atoms with van der Waals surface area (Å²) in [6.45, 7) is 0. The van der Waals surface area contributed by atoms with Crippen LogP contribution in [0.3, 0.4) is 0 Å². The number of aromatic nitrogens is 2. The fourth-order valence-corrected chi connectivity index (χ4v) is 0.482. The van der Waals surface area contributed by atoms with Crippen LogP contribution in [0.2, 0.25) is 0 Å². The zero-order chi connectivity index (χ0) is 8.27. The van der Waals surface area contributed by atoms with Crippen molar-refractivity contribution in [1.29, 1.82) is 0 Å². The Kier molecular flexibility index (Phi) is 1.88. The van der Waals surface area contributed by atoms with Gasteiger partial charge >= 0.3 is 0 Å². The van der Waals surface area contributed by atoms with Gasteiger partial charge in [-0.25, -0.2) is 10.1 Å². The van der Waals surface area contributed by atoms with Crippen LogP contribution in [0.1, 0.15) is 5.69 Å². The van der Waals surface area contributed by atoms with Gasteiger partial charge in [-0.05, 0) is 10.3 Å². The molecule has 0 spiro atoms. The van der Waals surface area contributed by atoms with Gasteiger partial charge in [-0.2, -0.15) is 0 Å². The topological polar surface area (TPSA) is 130 Å². The van der Waals surface area contributed by atoms with E-state index in [-0.39, 0.29) is 17.3 Å². The van der Waals surface area contributed by atoms with Crippen LogP contribution in [0.5, 0.6) is 0 Å². The zero-order valence-electron chi connectivity index (χ0n) is 5.22. The lowest BCUT2D eigenvalue weighted by Gasteiger charge is -1.94. The molecule has 0 saturated carbocycles. The van der Waals surface area contributed by atoms with E-state index >= 15 is 0 Å². The minimum Gasteiger partial charge on any atom is -0.409 e. The summed E-state index contributed by atoms with van der Waals surface area (Å²) >= 11 is 0. The molecule has 0 aromatic carbocycles. The second kappa shape index (κ2) is 2.84. The van der Waals surface area contributed by atoms with Crippen LogP contribution in [-0.4, -0.2) is 26.6 Å². The average molecular weight is 159 g/mol. The Labute approximate surface area is 60.2 Å². The molecule has 1 heterocycles. The Morgan fingerprint density at radius 1 is 1.64 bits per heavy atom. The van der Waals surface area contributed by atoms with Crippen LogP contribution in [0.25, 0.3) is 0 Å². The highest BCUT2D eigenvalue weighted by atomic mass is 16.6. The third-order valence-electron chi connectivity index (χ3n) is 0.944. The molecular weight excluding hydrogens is 154 g/mol. The van der Waals surface area contributed by atoms with Gasteiger partial charge in [0, 0.05) is 0 Å². The number of rotatable bonds is 1. The van der Waals surface area contributed by atoms with Crippen molar-refractivity contribution < 1.29 is 15.0 Å². The van der Waals surface area contributed by atoms with Crippen LogP contribution in [0.4, 0.5) is 5.82 Å². The van der Waals surface area contributed by atoms with Crippen molar-refractivity contribution in [1.82, 2.24) is 15.8 Å². The molecule has 11 heavy (non-hydrogen) atoms. The second-order valence-electron chi connectivity index (χ2n) is 1.56. The highest BCUT2D eigenvalue weighted by Gasteiger charge is 2.13. The average Bonchev–Trinajstić information content (AvgIpc) is 2.40. The standard InChI is InChI=1S/C3H5N5O3/c4-2-1(7-11-8-2)3(5-9)6-10/h9-10H,(H2,4,8)(H,5,6). The molecule has 0 atom stereocenters. The fourth-order valence-electron chi connectivity index (χ4n) is 0.482. The molecule has 0 fully saturated rings. The van der Waals surface area contributed by atoms with E-state index in [2.05, 4.69) is 20.1 Å². The summed E-state index contributed by atoms with van der Waals surface area (Å²) in [6, 6.07) is 0. The van der Waals surface area contributed by atoms with Crippen LogP contribution in [-0.2, 0) is 0 Å². The number of nitrogens with zero attached hydrogens (tertiary/aromatic N) is 3. The third-order valence-corrected chi connectivity index (χ3v) is 0.944. The largest absolute Gasteiger partial charge is 0.409 e. The van der Waals surface area contributed by atoms with E-state index in [1.54, 1.807) is 5.48 Å². The van der Waals surface area contributed by atoms with Gasteiger partial charge in [0.25, 0.3) is 0 Å². The summed E-state index contributed by atoms with van der Waals surface area (Å²) < 4.78 is 4.16. The van der Waals surface area contributed by atoms with Crippen molar-refractivity contribution in [2.24, 2.45) is 5.16 Å². The zero-order valence-corrected chi connectivity index (χ0v) is 5.22. The Morgan fingerprint density at radius 3 is 2.73 bits per heavy atom. The lowest BCUT2D eigenvalue weighted by molar-refractivity contribution is 0.222. The van der Waals surface area contributed by atoms with Crippen LogP contribution < -0.4 is 11.2 Å². The molecule has 0 amide bonds. The summed E-state index contributed by atoms with van der Waals surface area (Å²) in [5, 5.41) is 25.6. The molecule has 0 saturated heterocycles. The van der Waals surface area contributed by atoms with Gasteiger partial charge in [0.05, 0.1) is 0 Å². The van der Waals surface area contributed by atoms with Crippen molar-refractivity contribution in [3.63, 3.8) is 0 Å². The smallest absolute Gasteiger partial charge is 0.222 e. The van der Waals surface area contributed by atoms with Gasteiger partial charge in [-0.3, -0.25) is 5.21 Å². The van der Waals surface area contributed by atoms with E-state index in [0.717, 1.165) is 0 Å². The minimum atomic E-state index is -0.330. The number of hydrogen-bond acceptors (Lipinski definition) is 7. The lowest BCUT2D eigenvalue weighted by atomic mass is 10.4. The normalized spacial score (nSPS) is 11.5. The summed E-state index contributed by atoms with van der Waals surface area (Å²) in [6.07, 6.45) is 0. The van der Waals surface area contributed by atoms with Gasteiger partial charge in [0.15, 0.2) is 11.5 Å². The second-order valence-corrected chi connectivity index (χ2v) is 1.56. The molecule has 1 aromatic heterocycles. The maximum Gasteiger partial charge on any atom is 0.222 e. The molecule has 1 aromatic rings. The van der Waals surface area contributed by atoms with Crippen molar-refractivity contribution in [3.05, 3.63) is 5.69 Å². The predicted molar refractivity (Wildman–Crippen MR) is 32.0 cm³/mol. The number of anilines is 1. The first-order valence-corrected chi connectivity index (χ1v) is 2.50. The molecule has 0 unspecified atom stereocenters. The maximum absolute atomic E-state index is 8.32. The highest BCUT2D eigenvalue weighted by Crippen LogP contribution is 2.03. The third kappa shape index (κ3) is 1.19. The molecule has 60 valence electrons. The van der Waals surface area contributed by atoms with E-state index < -0.39 is 0 Å². The first kappa shape index (κ1) is 7.28. The van der Waals surface area contributed by atoms with E-state index in [4.69, 9.17) is 16.1 Å². The molecule has 5 N–H and O–H groups in total. The predicted octanol–water partition coefficient (Wildman–Crippen LogP) is -1.23. The van der Waals surface area contributed by atoms with Gasteiger partial charge in [0.1, 0.15) is 0 Å². The number of oxime groups is 1. The van der Waals surface area contributed by atoms with Gasteiger partial charge in [-0.1, -0.05) is 5.16 Å². The fraction of sp³-hybridized carbons (Fsp3) is 0. The van der Waals surface area contributed by atoms with Crippen molar-refractivity contribution in [3.8, 4) is 0 Å². The molecule has 0 radical (unpaired) electrons. The van der Waals surface area contributed by atoms with Crippen molar-refractivity contribution >= 4 is 11.7 Å². The van der Waals surface area contributed by atoms with Gasteiger partial charge < -0.3 is 10.9 Å². The number of hydroxylamine groups is 1. The Hall–Kier alpha value is -1.83. The summed E-state index contributed by atoms with van der Waals surface area (Å²) in [5.41, 5.74) is 6.67. The number of hydrogen-bond donors (Lipinski definition) is 4. The first-order valence-electron chi connectivity index (χ1n) is 2.50. The maximum atomic E-state index is 8.32. The lowest BCUT2D eigenvalue weighted by Crippen LogP contribution is -2.21. The Morgan fingerprint density at radius 2 is 2.36 bits per heavy atom. The SMILES string of the molecule is Nc1nonc1/C(=N\O)NO. The number of amidine groups is 1. The molecule has 0 bridgehead atoms. The molecule has 0 aliphatic rings. The summed E-state index contributed by atoms with van der Waals surface area (Å²) in [4.78, 5) is 0. The minimum absolute atomic E-state index is 0.0602. The number of nitrogens with one attached hydrogen (secondary N) is 1. The van der Waals surface area contributed by atoms with Crippen LogP contribution in [0.15, 0.2) is 9.78 Å². The first-order chi connectivity index (χ1) is 5.29. The van der Waals surface area contributed by atoms with Gasteiger partial charge in [-0.15, -0.1) is 0 Å². The van der Waals surface area contributed by atoms with E-state index in [0.29, 0.717) is 0 Å². The highest BCUT2D eigenvalue weighted by molar-refractivity contribution is 5.99. The van der Waals surface area contributed by atoms with Crippen LogP contribution >= 0.6 is 0 Å². The summed E-state index contributed by atoms with van der Waals surface area (Å²) in [7, 11) is 0. The Balaban J connectivity index is 3.00. The molecule has 8 heteroatoms. The van der Waals surface area contributed by atoms with E-state index in [1.807, 2.05) is 0 Å². The number of nitrogen functional groups attached to an aromatic ring is 1. The number of nitrogens with two attached hydrogens (primary N) is 1.